The van der Waals surface area contributed by atoms with E-state index < -0.39 is 17.3 Å². The topological polar surface area (TPSA) is 134 Å². The van der Waals surface area contributed by atoms with Crippen LogP contribution in [0, 0.1) is 31.0 Å². The molecule has 0 saturated heterocycles. The van der Waals surface area contributed by atoms with Crippen molar-refractivity contribution < 1.29 is 19.0 Å². The van der Waals surface area contributed by atoms with Crippen molar-refractivity contribution in [1.82, 2.24) is 19.5 Å². The van der Waals surface area contributed by atoms with E-state index in [1.54, 1.807) is 44.5 Å². The highest BCUT2D eigenvalue weighted by molar-refractivity contribution is 7.18. The Morgan fingerprint density at radius 1 is 1.15 bits per heavy atom. The predicted molar refractivity (Wildman–Crippen MR) is 180 cm³/mol. The van der Waals surface area contributed by atoms with E-state index in [0.29, 0.717) is 49.3 Å². The number of aromatic carboxylic acids is 1. The summed E-state index contributed by atoms with van der Waals surface area (Å²) in [5.41, 5.74) is 2.75. The van der Waals surface area contributed by atoms with Crippen LogP contribution in [0.1, 0.15) is 27.4 Å². The van der Waals surface area contributed by atoms with E-state index in [4.69, 9.17) is 27.9 Å². The maximum absolute atomic E-state index is 13.9. The molecule has 2 aromatic carbocycles. The molecule has 0 radical (unpaired) electrons. The fourth-order valence-electron chi connectivity index (χ4n) is 5.44. The molecule has 1 N–H and O–H groups in total. The summed E-state index contributed by atoms with van der Waals surface area (Å²) in [5.74, 6) is -0.802. The quantitative estimate of drug-likeness (QED) is 0.172. The van der Waals surface area contributed by atoms with Gasteiger partial charge in [-0.3, -0.25) is 19.3 Å². The fraction of sp³-hybridized carbons (Fsp3) is 0.152. The molecule has 0 fully saturated rings. The van der Waals surface area contributed by atoms with Crippen LogP contribution in [0.2, 0.25) is 10.0 Å². The van der Waals surface area contributed by atoms with Crippen molar-refractivity contribution in [2.75, 3.05) is 18.6 Å². The van der Waals surface area contributed by atoms with Gasteiger partial charge in [-0.05, 0) is 44.2 Å². The molecular formula is C33H23Cl2FN6O4S. The number of nitriles is 1. The lowest BCUT2D eigenvalue weighted by molar-refractivity contribution is 0.0699. The second-order valence-corrected chi connectivity index (χ2v) is 12.3. The lowest BCUT2D eigenvalue weighted by Crippen LogP contribution is -2.27. The third-order valence-corrected chi connectivity index (χ3v) is 9.10. The first-order valence-corrected chi connectivity index (χ1v) is 15.6. The monoisotopic (exact) mass is 688 g/mol. The van der Waals surface area contributed by atoms with Gasteiger partial charge >= 0.3 is 5.97 Å². The molecule has 10 nitrogen and oxygen atoms in total. The number of carboxylic acids is 1. The highest BCUT2D eigenvalue weighted by Crippen LogP contribution is 2.41. The Balaban J connectivity index is 1.37. The highest BCUT2D eigenvalue weighted by Gasteiger charge is 2.23. The van der Waals surface area contributed by atoms with Gasteiger partial charge in [0.25, 0.3) is 5.56 Å². The SMILES string of the molecule is Cc1cc(-c2cc(Cl)ccc2OCCn2c(C)nc3cc(Cl)c(N(C)c4cncc(F)c4)c(C#N)c3c2=O)c2scc(C(=O)O)c2n1. The van der Waals surface area contributed by atoms with E-state index in [0.717, 1.165) is 6.20 Å². The standard InChI is InChI=1S/C33H23Cl2FN6O4S/c1-16-8-22(31-29(39-16)24(15-47-31)33(44)45)21-9-18(34)4-5-27(21)46-7-6-42-17(2)40-26-11-25(35)30(23(12-37)28(26)32(42)43)41(3)20-10-19(36)13-38-14-20/h4-5,8-11,13-15H,6-7H2,1-3H3,(H,44,45). The number of nitrogens with zero attached hydrogens (tertiary/aromatic N) is 6. The summed E-state index contributed by atoms with van der Waals surface area (Å²) >= 11 is 14.2. The van der Waals surface area contributed by atoms with Gasteiger partial charge in [0.1, 0.15) is 30.1 Å². The molecule has 0 amide bonds. The number of aromatic nitrogens is 4. The van der Waals surface area contributed by atoms with Gasteiger partial charge in [0, 0.05) is 40.3 Å². The molecule has 4 aromatic heterocycles. The summed E-state index contributed by atoms with van der Waals surface area (Å²) in [7, 11) is 1.60. The summed E-state index contributed by atoms with van der Waals surface area (Å²) in [5, 5.41) is 22.1. The van der Waals surface area contributed by atoms with E-state index >= 15 is 0 Å². The Morgan fingerprint density at radius 3 is 2.66 bits per heavy atom. The van der Waals surface area contributed by atoms with Gasteiger partial charge in [-0.1, -0.05) is 23.2 Å². The second kappa shape index (κ2) is 12.6. The molecule has 0 aliphatic rings. The molecular weight excluding hydrogens is 666 g/mol. The number of thiophene rings is 1. The predicted octanol–water partition coefficient (Wildman–Crippen LogP) is 7.55. The minimum absolute atomic E-state index is 0.0137. The molecule has 47 heavy (non-hydrogen) atoms. The van der Waals surface area contributed by atoms with E-state index in [-0.39, 0.29) is 45.9 Å². The third kappa shape index (κ3) is 5.85. The van der Waals surface area contributed by atoms with Crippen molar-refractivity contribution in [3.63, 3.8) is 0 Å². The van der Waals surface area contributed by atoms with E-state index in [1.165, 1.54) is 39.1 Å². The number of halogens is 3. The van der Waals surface area contributed by atoms with Crippen LogP contribution in [0.25, 0.3) is 32.2 Å². The molecule has 0 spiro atoms. The van der Waals surface area contributed by atoms with Crippen LogP contribution in [-0.2, 0) is 6.54 Å². The maximum Gasteiger partial charge on any atom is 0.338 e. The van der Waals surface area contributed by atoms with Crippen LogP contribution in [0.5, 0.6) is 5.75 Å². The first-order chi connectivity index (χ1) is 22.5. The zero-order chi connectivity index (χ0) is 33.6. The van der Waals surface area contributed by atoms with Crippen molar-refractivity contribution in [1.29, 1.82) is 5.26 Å². The van der Waals surface area contributed by atoms with Gasteiger partial charge in [-0.15, -0.1) is 11.3 Å². The molecule has 0 bridgehead atoms. The number of aryl methyl sites for hydroxylation is 2. The summed E-state index contributed by atoms with van der Waals surface area (Å²) in [6.45, 7) is 3.56. The average Bonchev–Trinajstić information content (AvgIpc) is 3.46. The molecule has 0 aliphatic heterocycles. The summed E-state index contributed by atoms with van der Waals surface area (Å²) in [6, 6.07) is 11.8. The fourth-order valence-corrected chi connectivity index (χ4v) is 6.94. The number of anilines is 2. The van der Waals surface area contributed by atoms with Crippen LogP contribution in [0.3, 0.4) is 0 Å². The van der Waals surface area contributed by atoms with Gasteiger partial charge < -0.3 is 14.7 Å². The number of fused-ring (bicyclic) bond motifs is 2. The average molecular weight is 690 g/mol. The van der Waals surface area contributed by atoms with E-state index in [1.807, 2.05) is 6.07 Å². The molecule has 14 heteroatoms. The molecule has 0 atom stereocenters. The zero-order valence-electron chi connectivity index (χ0n) is 25.0. The van der Waals surface area contributed by atoms with Crippen LogP contribution in [0.15, 0.2) is 59.0 Å². The minimum Gasteiger partial charge on any atom is -0.491 e. The van der Waals surface area contributed by atoms with Crippen LogP contribution in [-0.4, -0.2) is 44.2 Å². The number of benzene rings is 2. The van der Waals surface area contributed by atoms with Crippen molar-refractivity contribution in [3.05, 3.63) is 103 Å². The Kier molecular flexibility index (Phi) is 8.55. The van der Waals surface area contributed by atoms with Crippen molar-refractivity contribution >= 4 is 73.0 Å². The Hall–Kier alpha value is -5.09. The third-order valence-electron chi connectivity index (χ3n) is 7.57. The van der Waals surface area contributed by atoms with Crippen LogP contribution >= 0.6 is 34.5 Å². The maximum atomic E-state index is 13.9. The Morgan fingerprint density at radius 2 is 1.94 bits per heavy atom. The van der Waals surface area contributed by atoms with Crippen LogP contribution < -0.4 is 15.2 Å². The number of hydrogen-bond donors (Lipinski definition) is 1. The Labute approximate surface area is 280 Å². The zero-order valence-corrected chi connectivity index (χ0v) is 27.3. The van der Waals surface area contributed by atoms with Gasteiger partial charge in [0.15, 0.2) is 0 Å². The largest absolute Gasteiger partial charge is 0.491 e. The van der Waals surface area contributed by atoms with E-state index in [9.17, 15) is 24.3 Å². The highest BCUT2D eigenvalue weighted by atomic mass is 35.5. The van der Waals surface area contributed by atoms with Gasteiger partial charge in [0.2, 0.25) is 0 Å². The molecule has 0 unspecified atom stereocenters. The lowest BCUT2D eigenvalue weighted by Gasteiger charge is -2.23. The van der Waals surface area contributed by atoms with Gasteiger partial charge in [-0.2, -0.15) is 5.26 Å². The van der Waals surface area contributed by atoms with Crippen molar-refractivity contribution in [2.45, 2.75) is 20.4 Å². The normalized spacial score (nSPS) is 11.2. The molecule has 0 saturated carbocycles. The number of pyridine rings is 2. The van der Waals surface area contributed by atoms with E-state index in [2.05, 4.69) is 21.0 Å². The molecule has 6 aromatic rings. The van der Waals surface area contributed by atoms with Crippen LogP contribution in [0.4, 0.5) is 15.8 Å². The Bertz CT molecular complexity index is 2350. The number of ether oxygens (including phenoxy) is 1. The summed E-state index contributed by atoms with van der Waals surface area (Å²) in [6.07, 6.45) is 2.47. The van der Waals surface area contributed by atoms with Gasteiger partial charge in [0.05, 0.1) is 67.6 Å². The summed E-state index contributed by atoms with van der Waals surface area (Å²) < 4.78 is 22.2. The number of rotatable bonds is 8. The number of hydrogen-bond acceptors (Lipinski definition) is 9. The molecule has 4 heterocycles. The van der Waals surface area contributed by atoms with Crippen molar-refractivity contribution in [3.8, 4) is 22.9 Å². The minimum atomic E-state index is -1.07. The summed E-state index contributed by atoms with van der Waals surface area (Å²) in [4.78, 5) is 40.1. The number of carbonyl (C=O) groups is 1. The smallest absolute Gasteiger partial charge is 0.338 e. The first-order valence-electron chi connectivity index (χ1n) is 14.0. The first kappa shape index (κ1) is 31.9. The lowest BCUT2D eigenvalue weighted by atomic mass is 10.0. The second-order valence-electron chi connectivity index (χ2n) is 10.6. The van der Waals surface area contributed by atoms with Gasteiger partial charge in [-0.25, -0.2) is 14.2 Å². The molecule has 236 valence electrons. The number of carboxylic acid groups (broad SMARTS) is 1. The molecule has 0 aliphatic carbocycles. The van der Waals surface area contributed by atoms with Crippen molar-refractivity contribution in [2.24, 2.45) is 0 Å². The molecule has 6 rings (SSSR count).